The Labute approximate surface area is 272 Å². The van der Waals surface area contributed by atoms with Crippen LogP contribution in [0.4, 0.5) is 5.69 Å². The standard InChI is InChI=1S/C28H30N4O6.C7H7Cl/c1-37-20-8-9-21-23(33)16-25(38-24(21)15-20)28(36)29-17-27(35)31-13-11-30(12-14-31)22-6-3-2-5-19(22)18-32-10-4-7-26(32)34;1-6-2-4-7(8)5-3-6/h2-3,5-6,8-9,15-16H,4,7,10-14,17-18H2,1H3,(H,29,36);2-5H,1H3. The second-order valence-electron chi connectivity index (χ2n) is 11.2. The van der Waals surface area contributed by atoms with Gasteiger partial charge in [-0.25, -0.2) is 0 Å². The molecule has 0 radical (unpaired) electrons. The van der Waals surface area contributed by atoms with Gasteiger partial charge in [-0.3, -0.25) is 19.2 Å². The van der Waals surface area contributed by atoms with E-state index in [0.29, 0.717) is 50.3 Å². The third-order valence-corrected chi connectivity index (χ3v) is 8.32. The van der Waals surface area contributed by atoms with E-state index in [9.17, 15) is 19.2 Å². The summed E-state index contributed by atoms with van der Waals surface area (Å²) in [6.45, 7) is 5.53. The van der Waals surface area contributed by atoms with Gasteiger partial charge in [0.2, 0.25) is 11.8 Å². The van der Waals surface area contributed by atoms with Crippen molar-refractivity contribution in [2.45, 2.75) is 26.3 Å². The summed E-state index contributed by atoms with van der Waals surface area (Å²) in [4.78, 5) is 55.8. The Morgan fingerprint density at radius 1 is 0.935 bits per heavy atom. The minimum Gasteiger partial charge on any atom is -0.497 e. The van der Waals surface area contributed by atoms with Gasteiger partial charge in [-0.05, 0) is 49.2 Å². The lowest BCUT2D eigenvalue weighted by atomic mass is 10.1. The van der Waals surface area contributed by atoms with Crippen molar-refractivity contribution in [1.82, 2.24) is 15.1 Å². The number of benzene rings is 3. The van der Waals surface area contributed by atoms with E-state index in [1.807, 2.05) is 48.2 Å². The molecule has 2 aliphatic heterocycles. The number of carbonyl (C=O) groups is 3. The Bertz CT molecular complexity index is 1740. The van der Waals surface area contributed by atoms with E-state index in [2.05, 4.69) is 22.3 Å². The number of likely N-dealkylation sites (tertiary alicyclic amines) is 1. The molecule has 2 saturated heterocycles. The molecule has 0 unspecified atom stereocenters. The Balaban J connectivity index is 0.000000455. The number of halogens is 1. The first-order valence-electron chi connectivity index (χ1n) is 15.2. The fourth-order valence-corrected chi connectivity index (χ4v) is 5.61. The number of aryl methyl sites for hydroxylation is 1. The molecular weight excluding hydrogens is 608 g/mol. The first-order chi connectivity index (χ1) is 22.2. The van der Waals surface area contributed by atoms with Gasteiger partial charge in [-0.1, -0.05) is 47.5 Å². The normalized spacial score (nSPS) is 14.6. The molecule has 10 nitrogen and oxygen atoms in total. The number of piperazine rings is 1. The Hall–Kier alpha value is -4.83. The fraction of sp³-hybridized carbons (Fsp3) is 0.314. The second-order valence-corrected chi connectivity index (χ2v) is 11.7. The number of amides is 3. The number of methoxy groups -OCH3 is 1. The summed E-state index contributed by atoms with van der Waals surface area (Å²) < 4.78 is 10.8. The van der Waals surface area contributed by atoms with E-state index in [1.54, 1.807) is 23.1 Å². The third-order valence-electron chi connectivity index (χ3n) is 8.07. The van der Waals surface area contributed by atoms with E-state index in [-0.39, 0.29) is 35.1 Å². The maximum absolute atomic E-state index is 12.8. The number of carbonyl (C=O) groups excluding carboxylic acids is 3. The van der Waals surface area contributed by atoms with Crippen molar-refractivity contribution in [3.8, 4) is 5.75 Å². The summed E-state index contributed by atoms with van der Waals surface area (Å²) in [5.41, 5.74) is 3.31. The summed E-state index contributed by atoms with van der Waals surface area (Å²) in [6.07, 6.45) is 1.52. The van der Waals surface area contributed by atoms with Gasteiger partial charge in [0.25, 0.3) is 5.91 Å². The van der Waals surface area contributed by atoms with E-state index in [0.717, 1.165) is 35.3 Å². The van der Waals surface area contributed by atoms with Gasteiger partial charge >= 0.3 is 0 Å². The van der Waals surface area contributed by atoms with E-state index < -0.39 is 5.91 Å². The molecule has 3 aromatic carbocycles. The van der Waals surface area contributed by atoms with E-state index in [4.69, 9.17) is 20.8 Å². The van der Waals surface area contributed by atoms with Crippen LogP contribution in [0.1, 0.15) is 34.5 Å². The molecule has 46 heavy (non-hydrogen) atoms. The molecule has 11 heteroatoms. The number of fused-ring (bicyclic) bond motifs is 1. The van der Waals surface area contributed by atoms with Crippen LogP contribution in [-0.4, -0.2) is 73.9 Å². The molecular formula is C35H37ClN4O6. The molecule has 0 saturated carbocycles. The molecule has 0 bridgehead atoms. The lowest BCUT2D eigenvalue weighted by molar-refractivity contribution is -0.130. The SMILES string of the molecule is COc1ccc2c(=O)cc(C(=O)NCC(=O)N3CCN(c4ccccc4CN4CCCC4=O)CC3)oc2c1.Cc1ccc(Cl)cc1. The number of hydrogen-bond acceptors (Lipinski definition) is 7. The van der Waals surface area contributed by atoms with Crippen LogP contribution in [0.2, 0.25) is 5.02 Å². The fourth-order valence-electron chi connectivity index (χ4n) is 5.49. The Morgan fingerprint density at radius 2 is 1.67 bits per heavy atom. The molecule has 0 atom stereocenters. The third kappa shape index (κ3) is 8.06. The lowest BCUT2D eigenvalue weighted by Crippen LogP contribution is -2.51. The Morgan fingerprint density at radius 3 is 2.35 bits per heavy atom. The zero-order chi connectivity index (χ0) is 32.6. The molecule has 6 rings (SSSR count). The molecule has 1 N–H and O–H groups in total. The summed E-state index contributed by atoms with van der Waals surface area (Å²) in [5.74, 6) is -0.316. The average molecular weight is 645 g/mol. The minimum atomic E-state index is -0.635. The maximum atomic E-state index is 12.8. The van der Waals surface area contributed by atoms with Gasteiger partial charge in [0.05, 0.1) is 19.0 Å². The molecule has 0 spiro atoms. The predicted molar refractivity (Wildman–Crippen MR) is 177 cm³/mol. The van der Waals surface area contributed by atoms with Crippen molar-refractivity contribution < 1.29 is 23.5 Å². The number of rotatable bonds is 7. The highest BCUT2D eigenvalue weighted by atomic mass is 35.5. The van der Waals surface area contributed by atoms with Crippen molar-refractivity contribution in [1.29, 1.82) is 0 Å². The summed E-state index contributed by atoms with van der Waals surface area (Å²) in [5, 5.41) is 3.71. The average Bonchev–Trinajstić information content (AvgIpc) is 3.48. The maximum Gasteiger partial charge on any atom is 0.287 e. The van der Waals surface area contributed by atoms with Crippen LogP contribution >= 0.6 is 11.6 Å². The van der Waals surface area contributed by atoms with Crippen LogP contribution in [0.5, 0.6) is 5.75 Å². The highest BCUT2D eigenvalue weighted by molar-refractivity contribution is 6.30. The van der Waals surface area contributed by atoms with Crippen molar-refractivity contribution in [2.24, 2.45) is 0 Å². The number of ether oxygens (including phenoxy) is 1. The van der Waals surface area contributed by atoms with Gasteiger partial charge in [-0.2, -0.15) is 0 Å². The van der Waals surface area contributed by atoms with Crippen molar-refractivity contribution >= 4 is 46.0 Å². The molecule has 2 fully saturated rings. The number of para-hydroxylation sites is 1. The molecule has 4 aromatic rings. The molecule has 240 valence electrons. The first kappa shape index (κ1) is 32.6. The van der Waals surface area contributed by atoms with Gasteiger partial charge in [0.1, 0.15) is 11.3 Å². The van der Waals surface area contributed by atoms with E-state index >= 15 is 0 Å². The van der Waals surface area contributed by atoms with Gasteiger partial charge in [-0.15, -0.1) is 0 Å². The second kappa shape index (κ2) is 15.0. The first-order valence-corrected chi connectivity index (χ1v) is 15.6. The topological polar surface area (TPSA) is 112 Å². The Kier molecular flexibility index (Phi) is 10.6. The summed E-state index contributed by atoms with van der Waals surface area (Å²) >= 11 is 5.61. The number of anilines is 1. The molecule has 2 aliphatic rings. The smallest absolute Gasteiger partial charge is 0.287 e. The molecule has 3 amide bonds. The monoisotopic (exact) mass is 644 g/mol. The van der Waals surface area contributed by atoms with Crippen molar-refractivity contribution in [2.75, 3.05) is 51.3 Å². The number of nitrogens with zero attached hydrogens (tertiary/aromatic N) is 3. The van der Waals surface area contributed by atoms with Crippen LogP contribution in [0.15, 0.2) is 82.0 Å². The van der Waals surface area contributed by atoms with E-state index in [1.165, 1.54) is 12.7 Å². The summed E-state index contributed by atoms with van der Waals surface area (Å²) in [6, 6.07) is 21.7. The van der Waals surface area contributed by atoms with Crippen LogP contribution in [0.25, 0.3) is 11.0 Å². The molecule has 1 aromatic heterocycles. The summed E-state index contributed by atoms with van der Waals surface area (Å²) in [7, 11) is 1.50. The number of hydrogen-bond donors (Lipinski definition) is 1. The zero-order valence-electron chi connectivity index (χ0n) is 26.0. The highest BCUT2D eigenvalue weighted by Crippen LogP contribution is 2.25. The quantitative estimate of drug-likeness (QED) is 0.312. The molecule has 0 aliphatic carbocycles. The van der Waals surface area contributed by atoms with Crippen LogP contribution in [0, 0.1) is 6.92 Å². The van der Waals surface area contributed by atoms with Crippen LogP contribution < -0.4 is 20.4 Å². The van der Waals surface area contributed by atoms with Crippen LogP contribution in [-0.2, 0) is 16.1 Å². The van der Waals surface area contributed by atoms with Crippen molar-refractivity contribution in [3.63, 3.8) is 0 Å². The lowest BCUT2D eigenvalue weighted by Gasteiger charge is -2.37. The highest BCUT2D eigenvalue weighted by Gasteiger charge is 2.25. The predicted octanol–water partition coefficient (Wildman–Crippen LogP) is 4.65. The van der Waals surface area contributed by atoms with Gasteiger partial charge < -0.3 is 29.2 Å². The zero-order valence-corrected chi connectivity index (χ0v) is 26.7. The minimum absolute atomic E-state index is 0.165. The number of nitrogens with one attached hydrogen (secondary N) is 1. The molecule has 3 heterocycles. The van der Waals surface area contributed by atoms with Gasteiger partial charge in [0, 0.05) is 68.5 Å². The largest absolute Gasteiger partial charge is 0.497 e. The van der Waals surface area contributed by atoms with Gasteiger partial charge in [0.15, 0.2) is 11.2 Å². The van der Waals surface area contributed by atoms with Crippen LogP contribution in [0.3, 0.4) is 0 Å². The van der Waals surface area contributed by atoms with Crippen molar-refractivity contribution in [3.05, 3.63) is 105 Å².